The van der Waals surface area contributed by atoms with E-state index >= 15 is 0 Å². The first-order chi connectivity index (χ1) is 8.50. The molecule has 0 aliphatic carbocycles. The minimum atomic E-state index is -1.56. The lowest BCUT2D eigenvalue weighted by Crippen LogP contribution is -2.41. The van der Waals surface area contributed by atoms with Gasteiger partial charge in [0.25, 0.3) is 0 Å². The van der Waals surface area contributed by atoms with Crippen LogP contribution >= 0.6 is 0 Å². The molecule has 1 atom stereocenters. The molecule has 0 unspecified atom stereocenters. The summed E-state index contributed by atoms with van der Waals surface area (Å²) in [5.74, 6) is -1.76. The average molecular weight is 248 g/mol. The SMILES string of the molecule is CCOC(=O)[C@@](C)(c1noc(C)n1)C(C#N)C#N. The minimum absolute atomic E-state index is 0.0217. The zero-order valence-electron chi connectivity index (χ0n) is 10.3. The van der Waals surface area contributed by atoms with Crippen molar-refractivity contribution in [1.29, 1.82) is 10.5 Å². The van der Waals surface area contributed by atoms with Crippen LogP contribution in [0, 0.1) is 35.5 Å². The Bertz CT molecular complexity index is 511. The molecule has 18 heavy (non-hydrogen) atoms. The molecule has 0 N–H and O–H groups in total. The molecule has 1 rings (SSSR count). The Morgan fingerprint density at radius 2 is 2.17 bits per heavy atom. The summed E-state index contributed by atoms with van der Waals surface area (Å²) in [4.78, 5) is 15.9. The van der Waals surface area contributed by atoms with Crippen molar-refractivity contribution in [3.05, 3.63) is 11.7 Å². The van der Waals surface area contributed by atoms with Crippen molar-refractivity contribution in [1.82, 2.24) is 10.1 Å². The Balaban J connectivity index is 3.31. The number of carbonyl (C=O) groups is 1. The van der Waals surface area contributed by atoms with Crippen molar-refractivity contribution in [3.8, 4) is 12.1 Å². The molecular formula is C11H12N4O3. The number of ether oxygens (including phenoxy) is 1. The van der Waals surface area contributed by atoms with Gasteiger partial charge in [0.05, 0.1) is 18.7 Å². The topological polar surface area (TPSA) is 113 Å². The summed E-state index contributed by atoms with van der Waals surface area (Å²) in [5, 5.41) is 21.6. The fraction of sp³-hybridized carbons (Fsp3) is 0.545. The van der Waals surface area contributed by atoms with Crippen LogP contribution in [0.2, 0.25) is 0 Å². The molecule has 0 aliphatic rings. The summed E-state index contributed by atoms with van der Waals surface area (Å²) in [6.45, 7) is 4.71. The van der Waals surface area contributed by atoms with Crippen molar-refractivity contribution in [2.24, 2.45) is 5.92 Å². The number of esters is 1. The summed E-state index contributed by atoms with van der Waals surface area (Å²) < 4.78 is 9.68. The van der Waals surface area contributed by atoms with E-state index in [2.05, 4.69) is 10.1 Å². The predicted octanol–water partition coefficient (Wildman–Crippen LogP) is 0.862. The van der Waals surface area contributed by atoms with Gasteiger partial charge >= 0.3 is 5.97 Å². The predicted molar refractivity (Wildman–Crippen MR) is 57.7 cm³/mol. The summed E-state index contributed by atoms with van der Waals surface area (Å²) in [6.07, 6.45) is 0. The summed E-state index contributed by atoms with van der Waals surface area (Å²) in [6, 6.07) is 3.51. The van der Waals surface area contributed by atoms with Gasteiger partial charge in [0.15, 0.2) is 17.2 Å². The Morgan fingerprint density at radius 1 is 1.56 bits per heavy atom. The lowest BCUT2D eigenvalue weighted by Gasteiger charge is -2.23. The Hall–Kier alpha value is -2.41. The first-order valence-electron chi connectivity index (χ1n) is 5.27. The second-order valence-corrected chi connectivity index (χ2v) is 3.75. The summed E-state index contributed by atoms with van der Waals surface area (Å²) in [5.41, 5.74) is -1.56. The molecule has 7 nitrogen and oxygen atoms in total. The van der Waals surface area contributed by atoms with Crippen LogP contribution in [0.1, 0.15) is 25.6 Å². The van der Waals surface area contributed by atoms with Crippen molar-refractivity contribution in [3.63, 3.8) is 0 Å². The van der Waals surface area contributed by atoms with E-state index in [-0.39, 0.29) is 18.3 Å². The summed E-state index contributed by atoms with van der Waals surface area (Å²) in [7, 11) is 0. The van der Waals surface area contributed by atoms with Crippen molar-refractivity contribution in [2.45, 2.75) is 26.2 Å². The highest BCUT2D eigenvalue weighted by Crippen LogP contribution is 2.31. The molecule has 0 bridgehead atoms. The number of hydrogen-bond donors (Lipinski definition) is 0. The molecule has 0 fully saturated rings. The monoisotopic (exact) mass is 248 g/mol. The van der Waals surface area contributed by atoms with Crippen LogP contribution in [-0.4, -0.2) is 22.7 Å². The smallest absolute Gasteiger partial charge is 0.322 e. The molecule has 0 saturated heterocycles. The number of nitriles is 2. The van der Waals surface area contributed by atoms with E-state index in [0.717, 1.165) is 0 Å². The fourth-order valence-electron chi connectivity index (χ4n) is 1.42. The first kappa shape index (κ1) is 13.7. The van der Waals surface area contributed by atoms with Crippen LogP contribution < -0.4 is 0 Å². The van der Waals surface area contributed by atoms with E-state index in [4.69, 9.17) is 19.8 Å². The van der Waals surface area contributed by atoms with Gasteiger partial charge in [-0.2, -0.15) is 15.5 Å². The minimum Gasteiger partial charge on any atom is -0.465 e. The van der Waals surface area contributed by atoms with Crippen molar-refractivity contribution >= 4 is 5.97 Å². The number of aryl methyl sites for hydroxylation is 1. The third-order valence-corrected chi connectivity index (χ3v) is 2.53. The third kappa shape index (κ3) is 2.16. The van der Waals surface area contributed by atoms with Gasteiger partial charge in [-0.3, -0.25) is 4.79 Å². The molecule has 0 spiro atoms. The second kappa shape index (κ2) is 5.28. The van der Waals surface area contributed by atoms with E-state index in [9.17, 15) is 4.79 Å². The van der Waals surface area contributed by atoms with Crippen LogP contribution in [0.15, 0.2) is 4.52 Å². The molecule has 0 radical (unpaired) electrons. The zero-order chi connectivity index (χ0) is 13.8. The Kier molecular flexibility index (Phi) is 4.01. The fourth-order valence-corrected chi connectivity index (χ4v) is 1.42. The maximum absolute atomic E-state index is 12.0. The van der Waals surface area contributed by atoms with E-state index in [1.165, 1.54) is 6.92 Å². The molecule has 1 aromatic rings. The highest BCUT2D eigenvalue weighted by atomic mass is 16.5. The maximum Gasteiger partial charge on any atom is 0.322 e. The third-order valence-electron chi connectivity index (χ3n) is 2.53. The van der Waals surface area contributed by atoms with Crippen LogP contribution in [-0.2, 0) is 14.9 Å². The number of carbonyl (C=O) groups excluding carboxylic acids is 1. The molecule has 7 heteroatoms. The number of hydrogen-bond acceptors (Lipinski definition) is 7. The molecule has 0 aromatic carbocycles. The van der Waals surface area contributed by atoms with E-state index < -0.39 is 17.3 Å². The van der Waals surface area contributed by atoms with Gasteiger partial charge < -0.3 is 9.26 Å². The highest BCUT2D eigenvalue weighted by molar-refractivity contribution is 5.83. The van der Waals surface area contributed by atoms with E-state index in [0.29, 0.717) is 0 Å². The molecule has 94 valence electrons. The van der Waals surface area contributed by atoms with Gasteiger partial charge in [-0.25, -0.2) is 0 Å². The van der Waals surface area contributed by atoms with Crippen molar-refractivity contribution < 1.29 is 14.1 Å². The van der Waals surface area contributed by atoms with Gasteiger partial charge in [-0.1, -0.05) is 5.16 Å². The van der Waals surface area contributed by atoms with E-state index in [1.54, 1.807) is 26.0 Å². The van der Waals surface area contributed by atoms with Gasteiger partial charge in [-0.05, 0) is 13.8 Å². The number of aromatic nitrogens is 2. The number of rotatable bonds is 4. The van der Waals surface area contributed by atoms with E-state index in [1.807, 2.05) is 0 Å². The Labute approximate surface area is 104 Å². The quantitative estimate of drug-likeness (QED) is 0.726. The maximum atomic E-state index is 12.0. The molecule has 1 heterocycles. The molecule has 1 aromatic heterocycles. The summed E-state index contributed by atoms with van der Waals surface area (Å²) >= 11 is 0. The van der Waals surface area contributed by atoms with Gasteiger partial charge in [0.1, 0.15) is 0 Å². The van der Waals surface area contributed by atoms with Crippen LogP contribution in [0.25, 0.3) is 0 Å². The van der Waals surface area contributed by atoms with Crippen molar-refractivity contribution in [2.75, 3.05) is 6.61 Å². The molecule has 0 saturated carbocycles. The van der Waals surface area contributed by atoms with Crippen LogP contribution in [0.5, 0.6) is 0 Å². The first-order valence-corrected chi connectivity index (χ1v) is 5.27. The molecule has 0 amide bonds. The normalized spacial score (nSPS) is 13.4. The molecule has 0 aliphatic heterocycles. The Morgan fingerprint density at radius 3 is 2.56 bits per heavy atom. The van der Waals surface area contributed by atoms with Crippen LogP contribution in [0.3, 0.4) is 0 Å². The number of nitrogens with zero attached hydrogens (tertiary/aromatic N) is 4. The van der Waals surface area contributed by atoms with Gasteiger partial charge in [0, 0.05) is 6.92 Å². The van der Waals surface area contributed by atoms with Crippen LogP contribution in [0.4, 0.5) is 0 Å². The standard InChI is InChI=1S/C11H12N4O3/c1-4-17-10(16)11(3,8(5-12)6-13)9-14-7(2)18-15-9/h8H,4H2,1-3H3/t11-/m1/s1. The molecular weight excluding hydrogens is 236 g/mol. The highest BCUT2D eigenvalue weighted by Gasteiger charge is 2.49. The lowest BCUT2D eigenvalue weighted by atomic mass is 9.77. The largest absolute Gasteiger partial charge is 0.465 e. The second-order valence-electron chi connectivity index (χ2n) is 3.75. The van der Waals surface area contributed by atoms with Gasteiger partial charge in [-0.15, -0.1) is 0 Å². The average Bonchev–Trinajstić information content (AvgIpc) is 2.77. The zero-order valence-corrected chi connectivity index (χ0v) is 10.3. The lowest BCUT2D eigenvalue weighted by molar-refractivity contribution is -0.150. The van der Waals surface area contributed by atoms with Gasteiger partial charge in [0.2, 0.25) is 5.89 Å².